The number of phenols is 1. The third-order valence-electron chi connectivity index (χ3n) is 8.87. The highest BCUT2D eigenvalue weighted by Crippen LogP contribution is 2.59. The molecule has 5 heteroatoms. The van der Waals surface area contributed by atoms with Crippen molar-refractivity contribution in [3.8, 4) is 5.75 Å². The number of ketones is 1. The summed E-state index contributed by atoms with van der Waals surface area (Å²) in [5.74, 6) is 2.78. The Hall–Kier alpha value is -2.79. The van der Waals surface area contributed by atoms with E-state index in [1.54, 1.807) is 0 Å². The number of aromatic hydroxyl groups is 1. The number of carbonyl (C=O) groups excluding carboxylic acids is 1. The molecule has 1 aliphatic heterocycles. The number of hydrogen-bond acceptors (Lipinski definition) is 5. The third kappa shape index (κ3) is 5.57. The Kier molecular flexibility index (Phi) is 8.63. The quantitative estimate of drug-likeness (QED) is 0.426. The first kappa shape index (κ1) is 27.3. The van der Waals surface area contributed by atoms with Gasteiger partial charge in [0.15, 0.2) is 0 Å². The molecular formula is C32H45N3O2. The summed E-state index contributed by atoms with van der Waals surface area (Å²) in [6, 6.07) is 14.4. The SMILES string of the molecule is CC.CCCN1C=C(c2ccc(C)cc2)NN1.C[C@]12CCC3c4ccc(O)cc4CC[C@H]3C1CCC2=O. The summed E-state index contributed by atoms with van der Waals surface area (Å²) in [6.45, 7) is 11.5. The van der Waals surface area contributed by atoms with Gasteiger partial charge >= 0.3 is 0 Å². The standard InChI is InChI=1S/C18H22O2.C12H17N3.C2H6/c1-18-9-8-14-13-5-3-12(19)10-11(13)2-4-15(14)16(18)6-7-17(18)20;1-3-8-15-9-12(13-14-15)11-6-4-10(2)5-7-11;1-2/h3,5,10,14-16,19H,2,4,6-9H2,1H3;4-7,9,13-14H,3,8H2,1-2H3;1-2H3/t14?,15-,16?,18+;;/m1../s1. The molecule has 6 rings (SSSR count). The van der Waals surface area contributed by atoms with E-state index in [2.05, 4.69) is 73.3 Å². The Morgan fingerprint density at radius 1 is 1.05 bits per heavy atom. The lowest BCUT2D eigenvalue weighted by atomic mass is 9.55. The largest absolute Gasteiger partial charge is 0.508 e. The molecule has 2 saturated carbocycles. The van der Waals surface area contributed by atoms with Gasteiger partial charge in [-0.05, 0) is 86.5 Å². The number of hydrogen-bond donors (Lipinski definition) is 3. The summed E-state index contributed by atoms with van der Waals surface area (Å²) < 4.78 is 0. The van der Waals surface area contributed by atoms with Gasteiger partial charge in [0.25, 0.3) is 0 Å². The minimum absolute atomic E-state index is 0.0322. The Morgan fingerprint density at radius 2 is 1.81 bits per heavy atom. The number of benzene rings is 2. The third-order valence-corrected chi connectivity index (χ3v) is 8.87. The van der Waals surface area contributed by atoms with Crippen LogP contribution in [-0.4, -0.2) is 22.4 Å². The van der Waals surface area contributed by atoms with Gasteiger partial charge in [0.1, 0.15) is 11.5 Å². The predicted octanol–water partition coefficient (Wildman–Crippen LogP) is 6.87. The lowest BCUT2D eigenvalue weighted by molar-refractivity contribution is -0.129. The average Bonchev–Trinajstić information content (AvgIpc) is 3.50. The second-order valence-electron chi connectivity index (χ2n) is 11.1. The summed E-state index contributed by atoms with van der Waals surface area (Å²) in [6.07, 6.45) is 9.58. The highest BCUT2D eigenvalue weighted by Gasteiger charge is 2.54. The van der Waals surface area contributed by atoms with Crippen LogP contribution in [-0.2, 0) is 11.2 Å². The van der Waals surface area contributed by atoms with Gasteiger partial charge in [0, 0.05) is 30.1 Å². The maximum Gasteiger partial charge on any atom is 0.139 e. The van der Waals surface area contributed by atoms with E-state index < -0.39 is 0 Å². The maximum absolute atomic E-state index is 12.3. The average molecular weight is 504 g/mol. The first-order chi connectivity index (χ1) is 17.9. The number of rotatable bonds is 3. The van der Waals surface area contributed by atoms with Gasteiger partial charge in [-0.15, -0.1) is 5.53 Å². The molecule has 5 nitrogen and oxygen atoms in total. The van der Waals surface area contributed by atoms with Gasteiger partial charge in [-0.1, -0.05) is 63.6 Å². The summed E-state index contributed by atoms with van der Waals surface area (Å²) in [4.78, 5) is 12.3. The van der Waals surface area contributed by atoms with Crippen molar-refractivity contribution in [2.45, 2.75) is 85.5 Å². The van der Waals surface area contributed by atoms with E-state index in [0.717, 1.165) is 50.8 Å². The van der Waals surface area contributed by atoms with Gasteiger partial charge in [-0.2, -0.15) is 0 Å². The fraction of sp³-hybridized carbons (Fsp3) is 0.531. The highest BCUT2D eigenvalue weighted by molar-refractivity contribution is 5.87. The summed E-state index contributed by atoms with van der Waals surface area (Å²) in [7, 11) is 0. The van der Waals surface area contributed by atoms with E-state index in [4.69, 9.17) is 0 Å². The summed E-state index contributed by atoms with van der Waals surface area (Å²) >= 11 is 0. The van der Waals surface area contributed by atoms with E-state index in [9.17, 15) is 9.90 Å². The molecule has 0 saturated heterocycles. The van der Waals surface area contributed by atoms with E-state index >= 15 is 0 Å². The smallest absolute Gasteiger partial charge is 0.139 e. The van der Waals surface area contributed by atoms with E-state index in [1.165, 1.54) is 28.7 Å². The monoisotopic (exact) mass is 503 g/mol. The molecule has 0 spiro atoms. The van der Waals surface area contributed by atoms with Crippen LogP contribution >= 0.6 is 0 Å². The zero-order valence-electron chi connectivity index (χ0n) is 23.3. The van der Waals surface area contributed by atoms with E-state index in [0.29, 0.717) is 29.3 Å². The first-order valence-electron chi connectivity index (χ1n) is 14.3. The molecule has 2 unspecified atom stereocenters. The van der Waals surface area contributed by atoms with Crippen molar-refractivity contribution in [3.05, 3.63) is 70.9 Å². The topological polar surface area (TPSA) is 64.6 Å². The second kappa shape index (κ2) is 11.7. The lowest BCUT2D eigenvalue weighted by Gasteiger charge is -2.48. The number of hydrazine groups is 2. The van der Waals surface area contributed by atoms with Crippen molar-refractivity contribution in [1.82, 2.24) is 16.0 Å². The maximum atomic E-state index is 12.3. The minimum atomic E-state index is -0.0322. The number of phenolic OH excluding ortho intramolecular Hbond substituents is 1. The van der Waals surface area contributed by atoms with Crippen LogP contribution in [0.2, 0.25) is 0 Å². The molecule has 4 aliphatic rings. The lowest BCUT2D eigenvalue weighted by Crippen LogP contribution is -2.42. The molecule has 0 amide bonds. The van der Waals surface area contributed by atoms with Gasteiger partial charge in [0.2, 0.25) is 0 Å². The molecular weight excluding hydrogens is 458 g/mol. The number of Topliss-reactive ketones (excluding diaryl/α,β-unsaturated/α-hetero) is 1. The van der Waals surface area contributed by atoms with Crippen LogP contribution in [0, 0.1) is 24.2 Å². The van der Waals surface area contributed by atoms with Crippen LogP contribution in [0.25, 0.3) is 5.70 Å². The zero-order chi connectivity index (χ0) is 26.6. The molecule has 2 aromatic rings. The van der Waals surface area contributed by atoms with Crippen LogP contribution in [0.5, 0.6) is 5.75 Å². The van der Waals surface area contributed by atoms with Crippen molar-refractivity contribution in [2.24, 2.45) is 17.3 Å². The number of nitrogens with one attached hydrogen (secondary N) is 2. The minimum Gasteiger partial charge on any atom is -0.508 e. The molecule has 0 radical (unpaired) electrons. The van der Waals surface area contributed by atoms with E-state index in [1.807, 2.05) is 26.0 Å². The van der Waals surface area contributed by atoms with E-state index in [-0.39, 0.29) is 5.41 Å². The van der Waals surface area contributed by atoms with Gasteiger partial charge in [-0.25, -0.2) is 0 Å². The van der Waals surface area contributed by atoms with Crippen LogP contribution < -0.4 is 11.0 Å². The van der Waals surface area contributed by atoms with Crippen molar-refractivity contribution in [3.63, 3.8) is 0 Å². The van der Waals surface area contributed by atoms with Crippen LogP contribution in [0.15, 0.2) is 48.7 Å². The molecule has 3 N–H and O–H groups in total. The van der Waals surface area contributed by atoms with Crippen LogP contribution in [0.3, 0.4) is 0 Å². The number of nitrogens with zero attached hydrogens (tertiary/aromatic N) is 1. The predicted molar refractivity (Wildman–Crippen MR) is 152 cm³/mol. The normalized spacial score (nSPS) is 27.4. The molecule has 37 heavy (non-hydrogen) atoms. The van der Waals surface area contributed by atoms with Crippen LogP contribution in [0.4, 0.5) is 0 Å². The fourth-order valence-corrected chi connectivity index (χ4v) is 6.93. The van der Waals surface area contributed by atoms with Crippen molar-refractivity contribution in [2.75, 3.05) is 6.54 Å². The number of carbonyl (C=O) groups is 1. The Bertz CT molecular complexity index is 1110. The van der Waals surface area contributed by atoms with Gasteiger partial charge < -0.3 is 10.5 Å². The Morgan fingerprint density at radius 3 is 2.54 bits per heavy atom. The molecule has 1 heterocycles. The fourth-order valence-electron chi connectivity index (χ4n) is 6.93. The van der Waals surface area contributed by atoms with Crippen molar-refractivity contribution < 1.29 is 9.90 Å². The molecule has 0 bridgehead atoms. The van der Waals surface area contributed by atoms with Gasteiger partial charge in [0.05, 0.1) is 5.70 Å². The Labute approximate surface area is 223 Å². The summed E-state index contributed by atoms with van der Waals surface area (Å²) in [5, 5.41) is 11.7. The molecule has 4 atom stereocenters. The zero-order valence-corrected chi connectivity index (χ0v) is 23.3. The molecule has 2 aromatic carbocycles. The number of fused-ring (bicyclic) bond motifs is 5. The van der Waals surface area contributed by atoms with Gasteiger partial charge in [-0.3, -0.25) is 9.80 Å². The molecule has 200 valence electrons. The summed E-state index contributed by atoms with van der Waals surface area (Å²) in [5.41, 5.74) is 12.7. The Balaban J connectivity index is 0.000000169. The molecule has 0 aromatic heterocycles. The molecule has 3 aliphatic carbocycles. The highest BCUT2D eigenvalue weighted by atomic mass is 16.3. The first-order valence-corrected chi connectivity index (χ1v) is 14.3. The number of aryl methyl sites for hydroxylation is 2. The van der Waals surface area contributed by atoms with Crippen molar-refractivity contribution >= 4 is 11.5 Å². The van der Waals surface area contributed by atoms with Crippen molar-refractivity contribution in [1.29, 1.82) is 0 Å². The molecule has 2 fully saturated rings. The van der Waals surface area contributed by atoms with Crippen LogP contribution in [0.1, 0.15) is 94.4 Å². The second-order valence-corrected chi connectivity index (χ2v) is 11.1.